The summed E-state index contributed by atoms with van der Waals surface area (Å²) in [6, 6.07) is 8.94. The summed E-state index contributed by atoms with van der Waals surface area (Å²) in [5, 5.41) is 15.2. The van der Waals surface area contributed by atoms with E-state index in [1.54, 1.807) is 6.07 Å². The zero-order valence-electron chi connectivity index (χ0n) is 13.1. The molecule has 0 bridgehead atoms. The SMILES string of the molecule is O=C(Cc1ccccc1[N+](=O)[O-])Nc1nc(-c2cc(F)ccc2F)cs1. The topological polar surface area (TPSA) is 85.1 Å². The molecule has 3 aromatic rings. The van der Waals surface area contributed by atoms with Gasteiger partial charge in [0.25, 0.3) is 5.69 Å². The lowest BCUT2D eigenvalue weighted by Crippen LogP contribution is -2.15. The molecule has 2 aromatic carbocycles. The summed E-state index contributed by atoms with van der Waals surface area (Å²) >= 11 is 1.04. The first-order chi connectivity index (χ1) is 12.4. The van der Waals surface area contributed by atoms with Gasteiger partial charge >= 0.3 is 0 Å². The van der Waals surface area contributed by atoms with Crippen molar-refractivity contribution in [3.63, 3.8) is 0 Å². The van der Waals surface area contributed by atoms with Crippen LogP contribution in [0.25, 0.3) is 11.3 Å². The number of carbonyl (C=O) groups is 1. The highest BCUT2D eigenvalue weighted by molar-refractivity contribution is 7.14. The number of nitrogens with zero attached hydrogens (tertiary/aromatic N) is 2. The summed E-state index contributed by atoms with van der Waals surface area (Å²) in [6.07, 6.45) is -0.208. The fourth-order valence-corrected chi connectivity index (χ4v) is 3.05. The van der Waals surface area contributed by atoms with Crippen LogP contribution in [0.15, 0.2) is 47.8 Å². The minimum atomic E-state index is -0.630. The van der Waals surface area contributed by atoms with Crippen LogP contribution in [0.2, 0.25) is 0 Å². The third kappa shape index (κ3) is 3.89. The van der Waals surface area contributed by atoms with Crippen molar-refractivity contribution in [2.75, 3.05) is 5.32 Å². The zero-order valence-corrected chi connectivity index (χ0v) is 13.9. The van der Waals surface area contributed by atoms with Gasteiger partial charge in [-0.05, 0) is 18.2 Å². The van der Waals surface area contributed by atoms with Crippen molar-refractivity contribution in [3.8, 4) is 11.3 Å². The molecule has 0 aliphatic carbocycles. The number of nitro benzene ring substituents is 1. The Kier molecular flexibility index (Phi) is 4.99. The van der Waals surface area contributed by atoms with Crippen LogP contribution in [0, 0.1) is 21.7 Å². The summed E-state index contributed by atoms with van der Waals surface area (Å²) in [6.45, 7) is 0. The predicted octanol–water partition coefficient (Wildman–Crippen LogP) is 4.18. The molecule has 6 nitrogen and oxygen atoms in total. The number of hydrogen-bond donors (Lipinski definition) is 1. The number of carbonyl (C=O) groups excluding carboxylic acids is 1. The number of hydrogen-bond acceptors (Lipinski definition) is 5. The average molecular weight is 375 g/mol. The molecule has 9 heteroatoms. The van der Waals surface area contributed by atoms with Crippen LogP contribution in [0.3, 0.4) is 0 Å². The van der Waals surface area contributed by atoms with Crippen molar-refractivity contribution in [3.05, 3.63) is 75.2 Å². The normalized spacial score (nSPS) is 10.5. The Morgan fingerprint density at radius 1 is 1.23 bits per heavy atom. The lowest BCUT2D eigenvalue weighted by Gasteiger charge is -2.03. The Morgan fingerprint density at radius 2 is 2.00 bits per heavy atom. The third-order valence-corrected chi connectivity index (χ3v) is 4.25. The van der Waals surface area contributed by atoms with Crippen LogP contribution < -0.4 is 5.32 Å². The minimum Gasteiger partial charge on any atom is -0.302 e. The number of amides is 1. The third-order valence-electron chi connectivity index (χ3n) is 3.49. The van der Waals surface area contributed by atoms with Crippen LogP contribution in [-0.2, 0) is 11.2 Å². The maximum absolute atomic E-state index is 13.8. The highest BCUT2D eigenvalue weighted by atomic mass is 32.1. The number of rotatable bonds is 5. The molecule has 3 rings (SSSR count). The van der Waals surface area contributed by atoms with E-state index in [-0.39, 0.29) is 34.1 Å². The van der Waals surface area contributed by atoms with E-state index >= 15 is 0 Å². The molecule has 0 spiro atoms. The molecule has 0 aliphatic rings. The fraction of sp³-hybridized carbons (Fsp3) is 0.0588. The second kappa shape index (κ2) is 7.36. The van der Waals surface area contributed by atoms with Crippen molar-refractivity contribution in [2.24, 2.45) is 0 Å². The Balaban J connectivity index is 1.74. The van der Waals surface area contributed by atoms with E-state index in [1.807, 2.05) is 0 Å². The lowest BCUT2D eigenvalue weighted by atomic mass is 10.1. The molecule has 0 radical (unpaired) electrons. The van der Waals surface area contributed by atoms with Crippen molar-refractivity contribution in [1.82, 2.24) is 4.98 Å². The van der Waals surface area contributed by atoms with Gasteiger partial charge in [0.15, 0.2) is 5.13 Å². The zero-order chi connectivity index (χ0) is 18.7. The molecule has 0 fully saturated rings. The molecular formula is C17H11F2N3O3S. The number of nitrogens with one attached hydrogen (secondary N) is 1. The number of benzene rings is 2. The van der Waals surface area contributed by atoms with Gasteiger partial charge in [-0.3, -0.25) is 14.9 Å². The standard InChI is InChI=1S/C17H11F2N3O3S/c18-11-5-6-13(19)12(8-11)14-9-26-17(20-14)21-16(23)7-10-3-1-2-4-15(10)22(24)25/h1-6,8-9H,7H2,(H,20,21,23). The van der Waals surface area contributed by atoms with E-state index in [2.05, 4.69) is 10.3 Å². The molecule has 0 atom stereocenters. The smallest absolute Gasteiger partial charge is 0.273 e. The largest absolute Gasteiger partial charge is 0.302 e. The van der Waals surface area contributed by atoms with Gasteiger partial charge in [-0.25, -0.2) is 13.8 Å². The quantitative estimate of drug-likeness (QED) is 0.536. The van der Waals surface area contributed by atoms with Gasteiger partial charge in [-0.2, -0.15) is 0 Å². The first-order valence-corrected chi connectivity index (χ1v) is 8.25. The predicted molar refractivity (Wildman–Crippen MR) is 92.9 cm³/mol. The number of nitro groups is 1. The second-order valence-corrected chi connectivity index (χ2v) is 6.13. The summed E-state index contributed by atoms with van der Waals surface area (Å²) in [4.78, 5) is 26.6. The molecule has 26 heavy (non-hydrogen) atoms. The Hall–Kier alpha value is -3.20. The molecule has 0 aliphatic heterocycles. The van der Waals surface area contributed by atoms with Crippen LogP contribution in [-0.4, -0.2) is 15.8 Å². The van der Waals surface area contributed by atoms with Gasteiger partial charge < -0.3 is 5.32 Å². The van der Waals surface area contributed by atoms with E-state index in [0.717, 1.165) is 29.5 Å². The van der Waals surface area contributed by atoms with E-state index in [9.17, 15) is 23.7 Å². The Morgan fingerprint density at radius 3 is 2.77 bits per heavy atom. The van der Waals surface area contributed by atoms with E-state index in [4.69, 9.17) is 0 Å². The number of para-hydroxylation sites is 1. The molecule has 0 saturated carbocycles. The van der Waals surface area contributed by atoms with Crippen LogP contribution >= 0.6 is 11.3 Å². The summed E-state index contributed by atoms with van der Waals surface area (Å²) in [5.41, 5.74) is 0.292. The summed E-state index contributed by atoms with van der Waals surface area (Å²) < 4.78 is 27.1. The lowest BCUT2D eigenvalue weighted by molar-refractivity contribution is -0.385. The minimum absolute atomic E-state index is 0.0135. The number of thiazole rings is 1. The Labute approximate surface area is 150 Å². The van der Waals surface area contributed by atoms with Crippen molar-refractivity contribution in [2.45, 2.75) is 6.42 Å². The van der Waals surface area contributed by atoms with Crippen LogP contribution in [0.4, 0.5) is 19.6 Å². The van der Waals surface area contributed by atoms with Gasteiger partial charge in [0.1, 0.15) is 11.6 Å². The number of aromatic nitrogens is 1. The van der Waals surface area contributed by atoms with Gasteiger partial charge in [0, 0.05) is 22.6 Å². The molecule has 1 heterocycles. The first kappa shape index (κ1) is 17.6. The van der Waals surface area contributed by atoms with Gasteiger partial charge in [-0.1, -0.05) is 18.2 Å². The summed E-state index contributed by atoms with van der Waals surface area (Å²) in [5.74, 6) is -1.73. The molecule has 132 valence electrons. The van der Waals surface area contributed by atoms with Crippen LogP contribution in [0.1, 0.15) is 5.56 Å². The van der Waals surface area contributed by atoms with Crippen LogP contribution in [0.5, 0.6) is 0 Å². The molecule has 1 aromatic heterocycles. The molecule has 0 unspecified atom stereocenters. The number of halogens is 2. The van der Waals surface area contributed by atoms with E-state index in [0.29, 0.717) is 0 Å². The van der Waals surface area contributed by atoms with E-state index < -0.39 is 22.5 Å². The Bertz CT molecular complexity index is 991. The molecule has 1 N–H and O–H groups in total. The van der Waals surface area contributed by atoms with Crippen molar-refractivity contribution in [1.29, 1.82) is 0 Å². The molecule has 1 amide bonds. The highest BCUT2D eigenvalue weighted by Crippen LogP contribution is 2.28. The fourth-order valence-electron chi connectivity index (χ4n) is 2.32. The maximum atomic E-state index is 13.8. The first-order valence-electron chi connectivity index (χ1n) is 7.37. The van der Waals surface area contributed by atoms with E-state index in [1.165, 1.54) is 23.6 Å². The highest BCUT2D eigenvalue weighted by Gasteiger charge is 2.17. The van der Waals surface area contributed by atoms with Crippen molar-refractivity contribution < 1.29 is 18.5 Å². The summed E-state index contributed by atoms with van der Waals surface area (Å²) in [7, 11) is 0. The monoisotopic (exact) mass is 375 g/mol. The average Bonchev–Trinajstić information content (AvgIpc) is 3.05. The van der Waals surface area contributed by atoms with Crippen molar-refractivity contribution >= 4 is 28.1 Å². The maximum Gasteiger partial charge on any atom is 0.273 e. The number of anilines is 1. The molecular weight excluding hydrogens is 364 g/mol. The van der Waals surface area contributed by atoms with Gasteiger partial charge in [-0.15, -0.1) is 11.3 Å². The van der Waals surface area contributed by atoms with Gasteiger partial charge in [0.2, 0.25) is 5.91 Å². The van der Waals surface area contributed by atoms with Gasteiger partial charge in [0.05, 0.1) is 17.0 Å². The molecule has 0 saturated heterocycles. The second-order valence-electron chi connectivity index (χ2n) is 5.27.